The number of benzene rings is 2. The number of aryl methyl sites for hydroxylation is 2. The summed E-state index contributed by atoms with van der Waals surface area (Å²) in [6.45, 7) is 5.62. The molecule has 0 atom stereocenters. The molecule has 26 heavy (non-hydrogen) atoms. The predicted molar refractivity (Wildman–Crippen MR) is 106 cm³/mol. The molecular weight excluding hydrogens is 320 g/mol. The number of ether oxygens (including phenoxy) is 2. The molecule has 0 saturated carbocycles. The lowest BCUT2D eigenvalue weighted by Crippen LogP contribution is -2.31. The van der Waals surface area contributed by atoms with Gasteiger partial charge in [0.2, 0.25) is 0 Å². The van der Waals surface area contributed by atoms with Crippen molar-refractivity contribution in [2.45, 2.75) is 33.0 Å². The summed E-state index contributed by atoms with van der Waals surface area (Å²) in [5, 5.41) is 0. The lowest BCUT2D eigenvalue weighted by molar-refractivity contribution is -0.195. The normalized spacial score (nSPS) is 19.9. The summed E-state index contributed by atoms with van der Waals surface area (Å²) in [4.78, 5) is 0. The van der Waals surface area contributed by atoms with Gasteiger partial charge in [-0.05, 0) is 50.1 Å². The van der Waals surface area contributed by atoms with Crippen molar-refractivity contribution >= 4 is 0 Å². The van der Waals surface area contributed by atoms with Crippen LogP contribution in [0.15, 0.2) is 60.7 Å². The molecule has 2 aromatic carbocycles. The van der Waals surface area contributed by atoms with Crippen LogP contribution in [0.2, 0.25) is 0 Å². The first-order valence-corrected chi connectivity index (χ1v) is 9.26. The Morgan fingerprint density at radius 3 is 2.08 bits per heavy atom. The maximum atomic E-state index is 5.79. The second kappa shape index (κ2) is 9.38. The van der Waals surface area contributed by atoms with Crippen LogP contribution in [0.25, 0.3) is 0 Å². The molecule has 1 fully saturated rings. The van der Waals surface area contributed by atoms with Gasteiger partial charge in [-0.1, -0.05) is 53.8 Å². The molecule has 0 unspecified atom stereocenters. The van der Waals surface area contributed by atoms with E-state index in [1.54, 1.807) is 0 Å². The fraction of sp³-hybridized carbons (Fsp3) is 0.333. The third-order valence-corrected chi connectivity index (χ3v) is 4.48. The minimum atomic E-state index is -0.0856. The lowest BCUT2D eigenvalue weighted by Gasteiger charge is -2.27. The van der Waals surface area contributed by atoms with E-state index >= 15 is 0 Å². The highest BCUT2D eigenvalue weighted by Gasteiger charge is 2.19. The summed E-state index contributed by atoms with van der Waals surface area (Å²) in [5.41, 5.74) is 4.62. The van der Waals surface area contributed by atoms with Crippen LogP contribution in [0, 0.1) is 24.7 Å². The molecule has 0 N–H and O–H groups in total. The van der Waals surface area contributed by atoms with Gasteiger partial charge >= 0.3 is 0 Å². The summed E-state index contributed by atoms with van der Waals surface area (Å²) < 4.78 is 11.6. The Morgan fingerprint density at radius 1 is 0.923 bits per heavy atom. The van der Waals surface area contributed by atoms with Crippen LogP contribution < -0.4 is 0 Å². The van der Waals surface area contributed by atoms with E-state index in [1.165, 1.54) is 11.1 Å². The van der Waals surface area contributed by atoms with Crippen molar-refractivity contribution in [2.75, 3.05) is 13.2 Å². The molecular formula is C24H26O2. The van der Waals surface area contributed by atoms with Crippen molar-refractivity contribution in [1.29, 1.82) is 0 Å². The molecule has 0 bridgehead atoms. The summed E-state index contributed by atoms with van der Waals surface area (Å²) in [6.07, 6.45) is 5.95. The van der Waals surface area contributed by atoms with E-state index in [-0.39, 0.29) is 6.29 Å². The average molecular weight is 346 g/mol. The van der Waals surface area contributed by atoms with Gasteiger partial charge in [0.15, 0.2) is 6.29 Å². The van der Waals surface area contributed by atoms with Crippen molar-refractivity contribution in [1.82, 2.24) is 0 Å². The zero-order valence-corrected chi connectivity index (χ0v) is 15.6. The summed E-state index contributed by atoms with van der Waals surface area (Å²) >= 11 is 0. The van der Waals surface area contributed by atoms with Gasteiger partial charge in [0, 0.05) is 23.5 Å². The van der Waals surface area contributed by atoms with Gasteiger partial charge < -0.3 is 9.47 Å². The summed E-state index contributed by atoms with van der Waals surface area (Å²) in [6, 6.07) is 16.7. The molecule has 1 aliphatic rings. The molecule has 2 aromatic rings. The Bertz CT molecular complexity index is 768. The summed E-state index contributed by atoms with van der Waals surface area (Å²) in [7, 11) is 0. The average Bonchev–Trinajstić information content (AvgIpc) is 2.68. The zero-order chi connectivity index (χ0) is 18.2. The van der Waals surface area contributed by atoms with Crippen LogP contribution in [0.4, 0.5) is 0 Å². The highest BCUT2D eigenvalue weighted by molar-refractivity contribution is 5.43. The van der Waals surface area contributed by atoms with Gasteiger partial charge in [0.1, 0.15) is 0 Å². The second-order valence-electron chi connectivity index (χ2n) is 6.73. The number of hydrogen-bond donors (Lipinski definition) is 0. The molecule has 0 amide bonds. The van der Waals surface area contributed by atoms with Crippen molar-refractivity contribution in [3.63, 3.8) is 0 Å². The van der Waals surface area contributed by atoms with Crippen LogP contribution in [-0.4, -0.2) is 19.5 Å². The van der Waals surface area contributed by atoms with Gasteiger partial charge in [-0.15, -0.1) is 0 Å². The lowest BCUT2D eigenvalue weighted by atomic mass is 10.1. The SMILES string of the molecule is C/C=C/C1COC(CCc2ccc(C#Cc3ccc(C)cc3)cc2)OC1. The molecule has 0 radical (unpaired) electrons. The molecule has 2 heteroatoms. The molecule has 2 nitrogen and oxygen atoms in total. The first kappa shape index (κ1) is 18.5. The van der Waals surface area contributed by atoms with E-state index in [2.05, 4.69) is 79.4 Å². The van der Waals surface area contributed by atoms with Gasteiger partial charge in [0.05, 0.1) is 13.2 Å². The Morgan fingerprint density at radius 2 is 1.50 bits per heavy atom. The Balaban J connectivity index is 1.48. The highest BCUT2D eigenvalue weighted by Crippen LogP contribution is 2.17. The first-order chi connectivity index (χ1) is 12.7. The van der Waals surface area contributed by atoms with Crippen LogP contribution >= 0.6 is 0 Å². The molecule has 1 heterocycles. The van der Waals surface area contributed by atoms with E-state index in [4.69, 9.17) is 9.47 Å². The van der Waals surface area contributed by atoms with Crippen molar-refractivity contribution in [3.05, 3.63) is 82.9 Å². The van der Waals surface area contributed by atoms with Crippen molar-refractivity contribution in [3.8, 4) is 11.8 Å². The number of rotatable bonds is 4. The van der Waals surface area contributed by atoms with Gasteiger partial charge in [-0.25, -0.2) is 0 Å². The second-order valence-corrected chi connectivity index (χ2v) is 6.73. The largest absolute Gasteiger partial charge is 0.352 e. The highest BCUT2D eigenvalue weighted by atomic mass is 16.7. The van der Waals surface area contributed by atoms with E-state index < -0.39 is 0 Å². The first-order valence-electron chi connectivity index (χ1n) is 9.26. The third-order valence-electron chi connectivity index (χ3n) is 4.48. The molecule has 134 valence electrons. The molecule has 1 aliphatic heterocycles. The third kappa shape index (κ3) is 5.59. The number of allylic oxidation sites excluding steroid dienone is 1. The van der Waals surface area contributed by atoms with Crippen molar-refractivity contribution in [2.24, 2.45) is 5.92 Å². The fourth-order valence-electron chi connectivity index (χ4n) is 2.93. The minimum Gasteiger partial charge on any atom is -0.352 e. The molecule has 0 aliphatic carbocycles. The zero-order valence-electron chi connectivity index (χ0n) is 15.6. The number of hydrogen-bond acceptors (Lipinski definition) is 2. The quantitative estimate of drug-likeness (QED) is 0.579. The van der Waals surface area contributed by atoms with E-state index in [0.29, 0.717) is 5.92 Å². The standard InChI is InChI=1S/C24H26O2/c1-3-4-23-17-25-24(26-18-23)16-15-22-13-11-21(12-14-22)10-9-20-7-5-19(2)6-8-20/h3-8,11-14,23-24H,15-18H2,1-2H3/b4-3+. The Labute approximate surface area is 156 Å². The van der Waals surface area contributed by atoms with Crippen molar-refractivity contribution < 1.29 is 9.47 Å². The van der Waals surface area contributed by atoms with Gasteiger partial charge in [0.25, 0.3) is 0 Å². The van der Waals surface area contributed by atoms with Crippen LogP contribution in [-0.2, 0) is 15.9 Å². The molecule has 0 spiro atoms. The van der Waals surface area contributed by atoms with Gasteiger partial charge in [-0.3, -0.25) is 0 Å². The van der Waals surface area contributed by atoms with E-state index in [0.717, 1.165) is 37.2 Å². The van der Waals surface area contributed by atoms with E-state index in [9.17, 15) is 0 Å². The van der Waals surface area contributed by atoms with E-state index in [1.807, 2.05) is 6.92 Å². The molecule has 3 rings (SSSR count). The molecule has 1 saturated heterocycles. The fourth-order valence-corrected chi connectivity index (χ4v) is 2.93. The topological polar surface area (TPSA) is 18.5 Å². The monoisotopic (exact) mass is 346 g/mol. The smallest absolute Gasteiger partial charge is 0.157 e. The minimum absolute atomic E-state index is 0.0856. The Kier molecular flexibility index (Phi) is 6.66. The summed E-state index contributed by atoms with van der Waals surface area (Å²) in [5.74, 6) is 6.83. The van der Waals surface area contributed by atoms with Gasteiger partial charge in [-0.2, -0.15) is 0 Å². The maximum Gasteiger partial charge on any atom is 0.157 e. The predicted octanol–water partition coefficient (Wildman–Crippen LogP) is 4.89. The van der Waals surface area contributed by atoms with Crippen LogP contribution in [0.3, 0.4) is 0 Å². The van der Waals surface area contributed by atoms with Crippen LogP contribution in [0.5, 0.6) is 0 Å². The Hall–Kier alpha value is -2.34. The van der Waals surface area contributed by atoms with Crippen LogP contribution in [0.1, 0.15) is 35.6 Å². The maximum absolute atomic E-state index is 5.79. The molecule has 0 aromatic heterocycles.